The van der Waals surface area contributed by atoms with E-state index in [-0.39, 0.29) is 12.1 Å². The molecule has 4 heterocycles. The summed E-state index contributed by atoms with van der Waals surface area (Å²) >= 11 is 0. The molecule has 3 N–H and O–H groups in total. The molecule has 6 aliphatic rings. The van der Waals surface area contributed by atoms with Gasteiger partial charge >= 0.3 is 0 Å². The summed E-state index contributed by atoms with van der Waals surface area (Å²) in [5.41, 5.74) is 22.8. The molecule has 3 aliphatic carbocycles. The van der Waals surface area contributed by atoms with E-state index in [0.717, 1.165) is 41.7 Å². The number of hydrogen-bond donors (Lipinski definition) is 3. The molecular formula is C61H46N4. The van der Waals surface area contributed by atoms with Crippen molar-refractivity contribution < 1.29 is 0 Å². The third-order valence-electron chi connectivity index (χ3n) is 14.3. The van der Waals surface area contributed by atoms with Crippen molar-refractivity contribution in [2.75, 3.05) is 11.9 Å². The van der Waals surface area contributed by atoms with Crippen LogP contribution >= 0.6 is 0 Å². The summed E-state index contributed by atoms with van der Waals surface area (Å²) in [6.45, 7) is 0.818. The molecule has 0 spiro atoms. The van der Waals surface area contributed by atoms with Crippen LogP contribution in [0.5, 0.6) is 0 Å². The van der Waals surface area contributed by atoms with Crippen LogP contribution < -0.4 is 16.0 Å². The van der Waals surface area contributed by atoms with Crippen LogP contribution in [0.3, 0.4) is 0 Å². The summed E-state index contributed by atoms with van der Waals surface area (Å²) in [7, 11) is 0. The Labute approximate surface area is 380 Å². The Morgan fingerprint density at radius 1 is 0.615 bits per heavy atom. The molecule has 0 fully saturated rings. The molecule has 3 atom stereocenters. The van der Waals surface area contributed by atoms with Gasteiger partial charge in [-0.3, -0.25) is 4.98 Å². The van der Waals surface area contributed by atoms with E-state index in [1.54, 1.807) is 0 Å². The quantitative estimate of drug-likeness (QED) is 0.156. The fourth-order valence-corrected chi connectivity index (χ4v) is 11.5. The van der Waals surface area contributed by atoms with Crippen molar-refractivity contribution in [3.05, 3.63) is 285 Å². The monoisotopic (exact) mass is 834 g/mol. The van der Waals surface area contributed by atoms with Crippen molar-refractivity contribution >= 4 is 39.0 Å². The normalized spacial score (nSPS) is 21.3. The van der Waals surface area contributed by atoms with Crippen LogP contribution in [-0.2, 0) is 5.41 Å². The van der Waals surface area contributed by atoms with Crippen molar-refractivity contribution in [2.45, 2.75) is 30.3 Å². The van der Waals surface area contributed by atoms with Gasteiger partial charge in [-0.15, -0.1) is 0 Å². The molecule has 0 amide bonds. The SMILES string of the molecule is C1=CC2=C(CC1)c1ccccc1C2(c1cccc(C2=CC(c3ccccc3)=C3C=CC4=C(NCC=C4)C3N2)c1)c1cccc(C2C=C(c3ccccc3)c3ccc4cccnc4c3N2)c1. The first-order valence-electron chi connectivity index (χ1n) is 23.0. The molecule has 7 aromatic rings. The first kappa shape index (κ1) is 37.6. The summed E-state index contributed by atoms with van der Waals surface area (Å²) in [6.07, 6.45) is 22.6. The van der Waals surface area contributed by atoms with Gasteiger partial charge < -0.3 is 16.0 Å². The zero-order chi connectivity index (χ0) is 42.9. The number of rotatable bonds is 6. The smallest absolute Gasteiger partial charge is 0.0939 e. The van der Waals surface area contributed by atoms with Crippen LogP contribution in [0.1, 0.15) is 69.0 Å². The molecule has 3 aliphatic heterocycles. The molecule has 0 saturated heterocycles. The van der Waals surface area contributed by atoms with E-state index in [4.69, 9.17) is 4.98 Å². The van der Waals surface area contributed by atoms with Crippen LogP contribution in [0.25, 0.3) is 33.3 Å². The first-order valence-corrected chi connectivity index (χ1v) is 23.0. The van der Waals surface area contributed by atoms with Crippen molar-refractivity contribution in [2.24, 2.45) is 0 Å². The van der Waals surface area contributed by atoms with Crippen molar-refractivity contribution in [1.29, 1.82) is 0 Å². The highest BCUT2D eigenvalue weighted by Gasteiger charge is 2.47. The van der Waals surface area contributed by atoms with E-state index >= 15 is 0 Å². The van der Waals surface area contributed by atoms with Gasteiger partial charge in [0.2, 0.25) is 0 Å². The zero-order valence-electron chi connectivity index (χ0n) is 35.9. The molecular weight excluding hydrogens is 789 g/mol. The van der Waals surface area contributed by atoms with Crippen molar-refractivity contribution in [1.82, 2.24) is 15.6 Å². The largest absolute Gasteiger partial charge is 0.382 e. The fraction of sp³-hybridized carbons (Fsp3) is 0.0984. The van der Waals surface area contributed by atoms with Gasteiger partial charge in [0.1, 0.15) is 0 Å². The number of hydrogen-bond acceptors (Lipinski definition) is 4. The predicted octanol–water partition coefficient (Wildman–Crippen LogP) is 13.0. The minimum absolute atomic E-state index is 0.00141. The third kappa shape index (κ3) is 5.94. The third-order valence-corrected chi connectivity index (χ3v) is 14.3. The molecule has 0 radical (unpaired) electrons. The number of nitrogens with one attached hydrogen (secondary N) is 3. The van der Waals surface area contributed by atoms with Gasteiger partial charge in [-0.1, -0.05) is 182 Å². The van der Waals surface area contributed by atoms with E-state index < -0.39 is 5.41 Å². The van der Waals surface area contributed by atoms with Gasteiger partial charge in [-0.05, 0) is 115 Å². The minimum atomic E-state index is -0.556. The molecule has 1 aromatic heterocycles. The Bertz CT molecular complexity index is 3380. The Kier molecular flexibility index (Phi) is 8.73. The Balaban J connectivity index is 0.994. The highest BCUT2D eigenvalue weighted by molar-refractivity contribution is 6.01. The lowest BCUT2D eigenvalue weighted by molar-refractivity contribution is 0.685. The molecule has 65 heavy (non-hydrogen) atoms. The molecule has 0 bridgehead atoms. The number of pyridine rings is 1. The number of fused-ring (bicyclic) bond motifs is 7. The highest BCUT2D eigenvalue weighted by atomic mass is 15.0. The standard InChI is InChI=1S/C61H46N4/c1-3-15-39(16-4-1)51-37-55(64-59-49(51)31-29-41-21-13-33-62-57(41)59)43-19-11-23-45(35-43)61(53-27-9-7-25-47(53)48-26-8-10-28-54(48)61)46-24-12-20-44(36-46)56-38-52(40-17-5-2-6-18-40)50-32-30-42-22-14-34-63-58(42)60(50)65-56/h1-7,9-25,27-33,35-38,55,60,63-65H,8,26,34H2. The van der Waals surface area contributed by atoms with Gasteiger partial charge in [-0.2, -0.15) is 0 Å². The number of aromatic nitrogens is 1. The Hall–Kier alpha value is -7.95. The summed E-state index contributed by atoms with van der Waals surface area (Å²) in [5, 5.41) is 12.9. The van der Waals surface area contributed by atoms with Crippen LogP contribution in [0.15, 0.2) is 235 Å². The Morgan fingerprint density at radius 2 is 1.42 bits per heavy atom. The van der Waals surface area contributed by atoms with Gasteiger partial charge in [0.05, 0.1) is 28.7 Å². The maximum absolute atomic E-state index is 4.93. The average molecular weight is 835 g/mol. The van der Waals surface area contributed by atoms with Gasteiger partial charge in [0.25, 0.3) is 0 Å². The second-order valence-corrected chi connectivity index (χ2v) is 17.8. The topological polar surface area (TPSA) is 49.0 Å². The van der Waals surface area contributed by atoms with E-state index in [2.05, 4.69) is 216 Å². The number of allylic oxidation sites excluding steroid dienone is 9. The molecule has 4 heteroatoms. The van der Waals surface area contributed by atoms with Crippen molar-refractivity contribution in [3.8, 4) is 0 Å². The lowest BCUT2D eigenvalue weighted by Gasteiger charge is -2.38. The summed E-state index contributed by atoms with van der Waals surface area (Å²) < 4.78 is 0. The molecule has 13 rings (SSSR count). The number of anilines is 1. The van der Waals surface area contributed by atoms with E-state index in [1.807, 2.05) is 12.3 Å². The average Bonchev–Trinajstić information content (AvgIpc) is 3.69. The number of nitrogens with zero attached hydrogens (tertiary/aromatic N) is 1. The van der Waals surface area contributed by atoms with Gasteiger partial charge in [0.15, 0.2) is 0 Å². The zero-order valence-corrected chi connectivity index (χ0v) is 35.9. The molecule has 6 aromatic carbocycles. The fourth-order valence-electron chi connectivity index (χ4n) is 11.5. The van der Waals surface area contributed by atoms with E-state index in [9.17, 15) is 0 Å². The lowest BCUT2D eigenvalue weighted by atomic mass is 9.65. The van der Waals surface area contributed by atoms with Crippen LogP contribution in [0, 0.1) is 0 Å². The highest BCUT2D eigenvalue weighted by Crippen LogP contribution is 2.57. The summed E-state index contributed by atoms with van der Waals surface area (Å²) in [4.78, 5) is 4.93. The lowest BCUT2D eigenvalue weighted by Crippen LogP contribution is -2.42. The van der Waals surface area contributed by atoms with Gasteiger partial charge in [0, 0.05) is 35.1 Å². The molecule has 310 valence electrons. The number of benzene rings is 6. The Morgan fingerprint density at radius 3 is 2.31 bits per heavy atom. The van der Waals surface area contributed by atoms with Crippen LogP contribution in [0.4, 0.5) is 5.69 Å². The van der Waals surface area contributed by atoms with E-state index in [0.29, 0.717) is 0 Å². The van der Waals surface area contributed by atoms with E-state index in [1.165, 1.54) is 89.2 Å². The predicted molar refractivity (Wildman–Crippen MR) is 268 cm³/mol. The molecule has 3 unspecified atom stereocenters. The first-order chi connectivity index (χ1) is 32.2. The summed E-state index contributed by atoms with van der Waals surface area (Å²) in [6, 6.07) is 58.2. The van der Waals surface area contributed by atoms with Crippen LogP contribution in [-0.4, -0.2) is 17.6 Å². The summed E-state index contributed by atoms with van der Waals surface area (Å²) in [5.74, 6) is 0. The number of dihydropyridines is 2. The maximum Gasteiger partial charge on any atom is 0.0939 e. The second kappa shape index (κ2) is 15.1. The van der Waals surface area contributed by atoms with Crippen molar-refractivity contribution in [3.63, 3.8) is 0 Å². The molecule has 4 nitrogen and oxygen atoms in total. The van der Waals surface area contributed by atoms with Crippen LogP contribution in [0.2, 0.25) is 0 Å². The second-order valence-electron chi connectivity index (χ2n) is 17.8. The van der Waals surface area contributed by atoms with Gasteiger partial charge in [-0.25, -0.2) is 0 Å². The maximum atomic E-state index is 4.93. The minimum Gasteiger partial charge on any atom is -0.382 e. The molecule has 0 saturated carbocycles.